The molecular weight excluding hydrogens is 200 g/mol. The summed E-state index contributed by atoms with van der Waals surface area (Å²) < 4.78 is 0. The predicted molar refractivity (Wildman–Crippen MR) is 61.4 cm³/mol. The molecule has 0 spiro atoms. The van der Waals surface area contributed by atoms with Gasteiger partial charge in [-0.15, -0.1) is 12.4 Å². The van der Waals surface area contributed by atoms with Crippen LogP contribution in [0.5, 0.6) is 0 Å². The fraction of sp³-hybridized carbons (Fsp3) is 0.556. The van der Waals surface area contributed by atoms with Crippen molar-refractivity contribution in [3.63, 3.8) is 0 Å². The van der Waals surface area contributed by atoms with E-state index in [-0.39, 0.29) is 12.4 Å². The van der Waals surface area contributed by atoms with E-state index < -0.39 is 0 Å². The molecule has 0 atom stereocenters. The quantitative estimate of drug-likeness (QED) is 0.599. The SMILES string of the molecule is CCCC(N)=Nc1[nH]ncc1CC.Cl. The molecule has 0 bridgehead atoms. The van der Waals surface area contributed by atoms with Crippen LogP contribution in [0.2, 0.25) is 0 Å². The van der Waals surface area contributed by atoms with Crippen LogP contribution in [0.1, 0.15) is 32.3 Å². The van der Waals surface area contributed by atoms with Gasteiger partial charge in [-0.25, -0.2) is 4.99 Å². The summed E-state index contributed by atoms with van der Waals surface area (Å²) in [6.45, 7) is 4.15. The lowest BCUT2D eigenvalue weighted by Gasteiger charge is -1.97. The Bertz CT molecular complexity index is 293. The van der Waals surface area contributed by atoms with Gasteiger partial charge >= 0.3 is 0 Å². The van der Waals surface area contributed by atoms with Crippen LogP contribution in [-0.4, -0.2) is 16.0 Å². The van der Waals surface area contributed by atoms with Gasteiger partial charge in [0, 0.05) is 12.0 Å². The van der Waals surface area contributed by atoms with Gasteiger partial charge < -0.3 is 5.73 Å². The summed E-state index contributed by atoms with van der Waals surface area (Å²) in [5.41, 5.74) is 6.81. The van der Waals surface area contributed by atoms with Crippen LogP contribution in [0.25, 0.3) is 0 Å². The Kier molecular flexibility index (Phi) is 5.95. The highest BCUT2D eigenvalue weighted by molar-refractivity contribution is 5.85. The summed E-state index contributed by atoms with van der Waals surface area (Å²) in [5.74, 6) is 1.47. The molecule has 0 unspecified atom stereocenters. The van der Waals surface area contributed by atoms with Gasteiger partial charge in [0.05, 0.1) is 6.20 Å². The summed E-state index contributed by atoms with van der Waals surface area (Å²) in [4.78, 5) is 4.26. The Hall–Kier alpha value is -1.03. The van der Waals surface area contributed by atoms with Gasteiger partial charge in [0.2, 0.25) is 0 Å². The van der Waals surface area contributed by atoms with E-state index in [4.69, 9.17) is 5.73 Å². The molecule has 0 aromatic carbocycles. The highest BCUT2D eigenvalue weighted by Gasteiger charge is 2.01. The molecule has 0 aliphatic carbocycles. The molecule has 0 saturated heterocycles. The van der Waals surface area contributed by atoms with Crippen molar-refractivity contribution in [1.29, 1.82) is 0 Å². The van der Waals surface area contributed by atoms with Crippen molar-refractivity contribution < 1.29 is 0 Å². The first-order valence-electron chi connectivity index (χ1n) is 4.63. The standard InChI is InChI=1S/C9H16N4.ClH/c1-3-5-8(10)12-9-7(4-2)6-11-13-9;/h6H,3-5H2,1-2H3,(H3,10,11,12,13);1H. The zero-order valence-corrected chi connectivity index (χ0v) is 9.40. The predicted octanol–water partition coefficient (Wildman–Crippen LogP) is 2.18. The zero-order chi connectivity index (χ0) is 9.68. The van der Waals surface area contributed by atoms with Crippen molar-refractivity contribution in [3.8, 4) is 0 Å². The number of amidine groups is 1. The number of hydrogen-bond acceptors (Lipinski definition) is 2. The molecule has 1 aromatic rings. The molecule has 3 N–H and O–H groups in total. The molecular formula is C9H17ClN4. The van der Waals surface area contributed by atoms with Crippen molar-refractivity contribution in [1.82, 2.24) is 10.2 Å². The van der Waals surface area contributed by atoms with Crippen LogP contribution < -0.4 is 5.73 Å². The maximum Gasteiger partial charge on any atom is 0.153 e. The minimum atomic E-state index is 0. The Morgan fingerprint density at radius 2 is 2.29 bits per heavy atom. The molecule has 0 saturated carbocycles. The van der Waals surface area contributed by atoms with Crippen LogP contribution in [-0.2, 0) is 6.42 Å². The van der Waals surface area contributed by atoms with Gasteiger partial charge in [0.1, 0.15) is 5.84 Å². The van der Waals surface area contributed by atoms with Crippen molar-refractivity contribution in [2.75, 3.05) is 0 Å². The second-order valence-corrected chi connectivity index (χ2v) is 2.95. The maximum atomic E-state index is 5.70. The second-order valence-electron chi connectivity index (χ2n) is 2.95. The fourth-order valence-electron chi connectivity index (χ4n) is 1.12. The van der Waals surface area contributed by atoms with Gasteiger partial charge in [-0.05, 0) is 12.8 Å². The molecule has 14 heavy (non-hydrogen) atoms. The normalized spacial score (nSPS) is 11.1. The monoisotopic (exact) mass is 216 g/mol. The van der Waals surface area contributed by atoms with E-state index >= 15 is 0 Å². The molecule has 4 nitrogen and oxygen atoms in total. The third-order valence-corrected chi connectivity index (χ3v) is 1.84. The number of hydrogen-bond donors (Lipinski definition) is 2. The molecule has 1 aromatic heterocycles. The Balaban J connectivity index is 0.00000169. The summed E-state index contributed by atoms with van der Waals surface area (Å²) in [5, 5.41) is 6.75. The number of rotatable bonds is 4. The molecule has 0 amide bonds. The largest absolute Gasteiger partial charge is 0.387 e. The third kappa shape index (κ3) is 3.38. The molecule has 0 fully saturated rings. The van der Waals surface area contributed by atoms with Crippen molar-refractivity contribution in [2.45, 2.75) is 33.1 Å². The zero-order valence-electron chi connectivity index (χ0n) is 8.58. The topological polar surface area (TPSA) is 67.1 Å². The van der Waals surface area contributed by atoms with Gasteiger partial charge in [-0.2, -0.15) is 5.10 Å². The molecule has 1 heterocycles. The van der Waals surface area contributed by atoms with Crippen molar-refractivity contribution in [2.24, 2.45) is 10.7 Å². The number of H-pyrrole nitrogens is 1. The summed E-state index contributed by atoms with van der Waals surface area (Å²) in [7, 11) is 0. The van der Waals surface area contributed by atoms with E-state index in [0.717, 1.165) is 30.6 Å². The number of aromatic amines is 1. The minimum absolute atomic E-state index is 0. The van der Waals surface area contributed by atoms with Crippen LogP contribution in [0, 0.1) is 0 Å². The average molecular weight is 217 g/mol. The molecule has 5 heteroatoms. The Morgan fingerprint density at radius 3 is 2.86 bits per heavy atom. The first-order chi connectivity index (χ1) is 6.27. The van der Waals surface area contributed by atoms with E-state index in [1.165, 1.54) is 0 Å². The van der Waals surface area contributed by atoms with Crippen molar-refractivity contribution >= 4 is 24.1 Å². The van der Waals surface area contributed by atoms with Gasteiger partial charge in [-0.1, -0.05) is 13.8 Å². The lowest BCUT2D eigenvalue weighted by molar-refractivity contribution is 0.978. The van der Waals surface area contributed by atoms with Crippen LogP contribution in [0.3, 0.4) is 0 Å². The highest BCUT2D eigenvalue weighted by Crippen LogP contribution is 2.15. The molecule has 0 aliphatic rings. The Morgan fingerprint density at radius 1 is 1.57 bits per heavy atom. The van der Waals surface area contributed by atoms with E-state index in [9.17, 15) is 0 Å². The third-order valence-electron chi connectivity index (χ3n) is 1.84. The summed E-state index contributed by atoms with van der Waals surface area (Å²) in [6, 6.07) is 0. The molecule has 0 aliphatic heterocycles. The lowest BCUT2D eigenvalue weighted by atomic mass is 10.2. The smallest absolute Gasteiger partial charge is 0.153 e. The highest BCUT2D eigenvalue weighted by atomic mass is 35.5. The maximum absolute atomic E-state index is 5.70. The van der Waals surface area contributed by atoms with Crippen LogP contribution in [0.4, 0.5) is 5.82 Å². The first kappa shape index (κ1) is 13.0. The van der Waals surface area contributed by atoms with Crippen LogP contribution >= 0.6 is 12.4 Å². The minimum Gasteiger partial charge on any atom is -0.387 e. The number of nitrogens with zero attached hydrogens (tertiary/aromatic N) is 2. The van der Waals surface area contributed by atoms with E-state index in [1.807, 2.05) is 0 Å². The fourth-order valence-corrected chi connectivity index (χ4v) is 1.12. The van der Waals surface area contributed by atoms with Gasteiger partial charge in [0.15, 0.2) is 5.82 Å². The van der Waals surface area contributed by atoms with E-state index in [1.54, 1.807) is 6.20 Å². The van der Waals surface area contributed by atoms with Gasteiger partial charge in [-0.3, -0.25) is 5.10 Å². The number of halogens is 1. The molecule has 0 radical (unpaired) electrons. The van der Waals surface area contributed by atoms with E-state index in [0.29, 0.717) is 5.84 Å². The Labute approximate surface area is 90.4 Å². The van der Waals surface area contributed by atoms with E-state index in [2.05, 4.69) is 29.0 Å². The lowest BCUT2D eigenvalue weighted by Crippen LogP contribution is -2.10. The van der Waals surface area contributed by atoms with Crippen LogP contribution in [0.15, 0.2) is 11.2 Å². The van der Waals surface area contributed by atoms with Gasteiger partial charge in [0.25, 0.3) is 0 Å². The molecule has 80 valence electrons. The van der Waals surface area contributed by atoms with Crippen molar-refractivity contribution in [3.05, 3.63) is 11.8 Å². The average Bonchev–Trinajstić information content (AvgIpc) is 2.52. The summed E-state index contributed by atoms with van der Waals surface area (Å²) in [6.07, 6.45) is 4.57. The number of nitrogens with two attached hydrogens (primary N) is 1. The number of aliphatic imine (C=N–C) groups is 1. The summed E-state index contributed by atoms with van der Waals surface area (Å²) >= 11 is 0. The number of aromatic nitrogens is 2. The molecule has 1 rings (SSSR count). The number of nitrogens with one attached hydrogen (secondary N) is 1. The number of aryl methyl sites for hydroxylation is 1. The first-order valence-corrected chi connectivity index (χ1v) is 4.63. The second kappa shape index (κ2) is 6.43.